The van der Waals surface area contributed by atoms with Crippen LogP contribution in [0.1, 0.15) is 23.3 Å². The van der Waals surface area contributed by atoms with Gasteiger partial charge in [-0.1, -0.05) is 30.3 Å². The molecule has 5 nitrogen and oxygen atoms in total. The predicted octanol–water partition coefficient (Wildman–Crippen LogP) is 1.57. The molecule has 110 valence electrons. The Morgan fingerprint density at radius 2 is 2.19 bits per heavy atom. The Kier molecular flexibility index (Phi) is 4.01. The van der Waals surface area contributed by atoms with Crippen LogP contribution >= 0.6 is 0 Å². The number of hydrogen-bond donors (Lipinski definition) is 2. The molecule has 1 saturated heterocycles. The minimum atomic E-state index is -0.0959. The van der Waals surface area contributed by atoms with Crippen molar-refractivity contribution >= 4 is 5.91 Å². The first-order chi connectivity index (χ1) is 10.2. The minimum absolute atomic E-state index is 0.0959. The van der Waals surface area contributed by atoms with Crippen LogP contribution in [-0.2, 0) is 7.05 Å². The van der Waals surface area contributed by atoms with Gasteiger partial charge in [0, 0.05) is 19.6 Å². The maximum atomic E-state index is 12.3. The number of amides is 1. The van der Waals surface area contributed by atoms with Crippen LogP contribution in [0.5, 0.6) is 0 Å². The summed E-state index contributed by atoms with van der Waals surface area (Å²) in [5.41, 5.74) is 2.48. The van der Waals surface area contributed by atoms with E-state index in [0.717, 1.165) is 37.2 Å². The van der Waals surface area contributed by atoms with Crippen molar-refractivity contribution in [3.63, 3.8) is 0 Å². The van der Waals surface area contributed by atoms with Crippen LogP contribution in [0.3, 0.4) is 0 Å². The maximum absolute atomic E-state index is 12.3. The van der Waals surface area contributed by atoms with Crippen molar-refractivity contribution in [2.24, 2.45) is 7.05 Å². The third kappa shape index (κ3) is 3.13. The molecule has 0 spiro atoms. The molecule has 2 aromatic rings. The zero-order valence-electron chi connectivity index (χ0n) is 12.2. The fourth-order valence-electron chi connectivity index (χ4n) is 2.69. The van der Waals surface area contributed by atoms with Crippen molar-refractivity contribution in [3.05, 3.63) is 42.1 Å². The lowest BCUT2D eigenvalue weighted by Gasteiger charge is -2.23. The van der Waals surface area contributed by atoms with Crippen LogP contribution in [0, 0.1) is 0 Å². The van der Waals surface area contributed by atoms with Gasteiger partial charge >= 0.3 is 0 Å². The Balaban J connectivity index is 1.75. The molecule has 5 heteroatoms. The first-order valence-corrected chi connectivity index (χ1v) is 7.35. The van der Waals surface area contributed by atoms with Gasteiger partial charge < -0.3 is 10.6 Å². The molecule has 2 heterocycles. The highest BCUT2D eigenvalue weighted by molar-refractivity contribution is 5.93. The summed E-state index contributed by atoms with van der Waals surface area (Å²) in [6.07, 6.45) is 2.12. The molecule has 1 aromatic carbocycles. The highest BCUT2D eigenvalue weighted by atomic mass is 16.2. The van der Waals surface area contributed by atoms with Gasteiger partial charge in [-0.3, -0.25) is 9.48 Å². The number of hydrogen-bond acceptors (Lipinski definition) is 3. The molecule has 0 saturated carbocycles. The normalized spacial score (nSPS) is 18.4. The average Bonchev–Trinajstić information content (AvgIpc) is 2.91. The van der Waals surface area contributed by atoms with Gasteiger partial charge in [-0.25, -0.2) is 0 Å². The zero-order chi connectivity index (χ0) is 14.7. The van der Waals surface area contributed by atoms with Gasteiger partial charge in [0.05, 0.1) is 5.69 Å². The van der Waals surface area contributed by atoms with E-state index in [4.69, 9.17) is 0 Å². The fourth-order valence-corrected chi connectivity index (χ4v) is 2.69. The number of carbonyl (C=O) groups excluding carboxylic acids is 1. The number of rotatable bonds is 3. The summed E-state index contributed by atoms with van der Waals surface area (Å²) in [7, 11) is 1.86. The SMILES string of the molecule is Cn1nc(C(=O)N[C@@H]2CCCNC2)cc1-c1ccccc1. The van der Waals surface area contributed by atoms with Gasteiger partial charge in [-0.15, -0.1) is 0 Å². The molecule has 0 aliphatic carbocycles. The first-order valence-electron chi connectivity index (χ1n) is 7.35. The van der Waals surface area contributed by atoms with Crippen molar-refractivity contribution in [1.29, 1.82) is 0 Å². The van der Waals surface area contributed by atoms with Crippen LogP contribution in [0.2, 0.25) is 0 Å². The van der Waals surface area contributed by atoms with E-state index in [1.165, 1.54) is 0 Å². The number of benzene rings is 1. The van der Waals surface area contributed by atoms with Gasteiger partial charge in [-0.2, -0.15) is 5.10 Å². The van der Waals surface area contributed by atoms with Crippen LogP contribution < -0.4 is 10.6 Å². The summed E-state index contributed by atoms with van der Waals surface area (Å²) < 4.78 is 1.75. The van der Waals surface area contributed by atoms with E-state index in [1.807, 2.05) is 43.4 Å². The molecule has 1 fully saturated rings. The van der Waals surface area contributed by atoms with E-state index < -0.39 is 0 Å². The second-order valence-corrected chi connectivity index (χ2v) is 5.42. The van der Waals surface area contributed by atoms with Gasteiger partial charge in [-0.05, 0) is 31.0 Å². The minimum Gasteiger partial charge on any atom is -0.347 e. The maximum Gasteiger partial charge on any atom is 0.272 e. The molecular weight excluding hydrogens is 264 g/mol. The third-order valence-corrected chi connectivity index (χ3v) is 3.81. The molecule has 1 aliphatic heterocycles. The van der Waals surface area contributed by atoms with Crippen molar-refractivity contribution in [2.45, 2.75) is 18.9 Å². The molecule has 1 amide bonds. The van der Waals surface area contributed by atoms with Crippen LogP contribution in [0.15, 0.2) is 36.4 Å². The number of aryl methyl sites for hydroxylation is 1. The smallest absolute Gasteiger partial charge is 0.272 e. The van der Waals surface area contributed by atoms with Crippen molar-refractivity contribution in [2.75, 3.05) is 13.1 Å². The zero-order valence-corrected chi connectivity index (χ0v) is 12.2. The van der Waals surface area contributed by atoms with E-state index in [0.29, 0.717) is 5.69 Å². The van der Waals surface area contributed by atoms with Crippen molar-refractivity contribution < 1.29 is 4.79 Å². The highest BCUT2D eigenvalue weighted by Crippen LogP contribution is 2.19. The molecular formula is C16H20N4O. The van der Waals surface area contributed by atoms with Crippen LogP contribution in [0.25, 0.3) is 11.3 Å². The summed E-state index contributed by atoms with van der Waals surface area (Å²) >= 11 is 0. The number of nitrogens with zero attached hydrogens (tertiary/aromatic N) is 2. The van der Waals surface area contributed by atoms with Gasteiger partial charge in [0.1, 0.15) is 0 Å². The molecule has 1 aliphatic rings. The molecule has 2 N–H and O–H groups in total. The standard InChI is InChI=1S/C16H20N4O/c1-20-15(12-6-3-2-4-7-12)10-14(19-20)16(21)18-13-8-5-9-17-11-13/h2-4,6-7,10,13,17H,5,8-9,11H2,1H3,(H,18,21)/t13-/m1/s1. The van der Waals surface area contributed by atoms with Crippen LogP contribution in [-0.4, -0.2) is 34.8 Å². The van der Waals surface area contributed by atoms with E-state index in [9.17, 15) is 4.79 Å². The molecule has 1 atom stereocenters. The van der Waals surface area contributed by atoms with E-state index in [2.05, 4.69) is 15.7 Å². The number of nitrogens with one attached hydrogen (secondary N) is 2. The van der Waals surface area contributed by atoms with E-state index in [1.54, 1.807) is 4.68 Å². The van der Waals surface area contributed by atoms with Gasteiger partial charge in [0.2, 0.25) is 0 Å². The van der Waals surface area contributed by atoms with Crippen molar-refractivity contribution in [1.82, 2.24) is 20.4 Å². The quantitative estimate of drug-likeness (QED) is 0.899. The molecule has 0 unspecified atom stereocenters. The summed E-state index contributed by atoms with van der Waals surface area (Å²) in [4.78, 5) is 12.3. The van der Waals surface area contributed by atoms with Gasteiger partial charge in [0.15, 0.2) is 5.69 Å². The summed E-state index contributed by atoms with van der Waals surface area (Å²) in [6.45, 7) is 1.87. The predicted molar refractivity (Wildman–Crippen MR) is 82.0 cm³/mol. The summed E-state index contributed by atoms with van der Waals surface area (Å²) in [6, 6.07) is 12.0. The molecule has 21 heavy (non-hydrogen) atoms. The lowest BCUT2D eigenvalue weighted by Crippen LogP contribution is -2.45. The average molecular weight is 284 g/mol. The van der Waals surface area contributed by atoms with Crippen molar-refractivity contribution in [3.8, 4) is 11.3 Å². The topological polar surface area (TPSA) is 59.0 Å². The summed E-state index contributed by atoms with van der Waals surface area (Å²) in [5.74, 6) is -0.0959. The van der Waals surface area contributed by atoms with Gasteiger partial charge in [0.25, 0.3) is 5.91 Å². The Morgan fingerprint density at radius 1 is 1.38 bits per heavy atom. The lowest BCUT2D eigenvalue weighted by molar-refractivity contribution is 0.0925. The molecule has 1 aromatic heterocycles. The number of aromatic nitrogens is 2. The number of piperidine rings is 1. The summed E-state index contributed by atoms with van der Waals surface area (Å²) in [5, 5.41) is 10.7. The largest absolute Gasteiger partial charge is 0.347 e. The lowest BCUT2D eigenvalue weighted by atomic mass is 10.1. The van der Waals surface area contributed by atoms with E-state index >= 15 is 0 Å². The van der Waals surface area contributed by atoms with Crippen LogP contribution in [0.4, 0.5) is 0 Å². The third-order valence-electron chi connectivity index (χ3n) is 3.81. The highest BCUT2D eigenvalue weighted by Gasteiger charge is 2.19. The molecule has 0 bridgehead atoms. The second kappa shape index (κ2) is 6.10. The molecule has 0 radical (unpaired) electrons. The Labute approximate surface area is 124 Å². The second-order valence-electron chi connectivity index (χ2n) is 5.42. The Hall–Kier alpha value is -2.14. The van der Waals surface area contributed by atoms with E-state index in [-0.39, 0.29) is 11.9 Å². The fraction of sp³-hybridized carbons (Fsp3) is 0.375. The monoisotopic (exact) mass is 284 g/mol. The molecule has 3 rings (SSSR count). The Bertz CT molecular complexity index is 614. The Morgan fingerprint density at radius 3 is 2.90 bits per heavy atom. The number of carbonyl (C=O) groups is 1. The first kappa shape index (κ1) is 13.8.